The maximum absolute atomic E-state index is 12.0. The zero-order valence-electron chi connectivity index (χ0n) is 9.86. The van der Waals surface area contributed by atoms with Crippen LogP contribution in [0, 0.1) is 6.92 Å². The summed E-state index contributed by atoms with van der Waals surface area (Å²) >= 11 is 0. The second kappa shape index (κ2) is 4.12. The van der Waals surface area contributed by atoms with E-state index < -0.39 is 0 Å². The van der Waals surface area contributed by atoms with Gasteiger partial charge in [-0.3, -0.25) is 9.78 Å². The molecule has 0 saturated heterocycles. The van der Waals surface area contributed by atoms with Crippen molar-refractivity contribution in [3.63, 3.8) is 0 Å². The Labute approximate surface area is 95.2 Å². The van der Waals surface area contributed by atoms with Crippen molar-refractivity contribution in [1.82, 2.24) is 9.88 Å². The van der Waals surface area contributed by atoms with Crippen LogP contribution in [0.4, 0.5) is 0 Å². The van der Waals surface area contributed by atoms with E-state index in [1.54, 1.807) is 31.3 Å². The van der Waals surface area contributed by atoms with Gasteiger partial charge in [-0.15, -0.1) is 0 Å². The minimum atomic E-state index is -0.0544. The number of carbonyl (C=O) groups is 1. The summed E-state index contributed by atoms with van der Waals surface area (Å²) in [7, 11) is 3.46. The number of pyridine rings is 1. The highest BCUT2D eigenvalue weighted by atomic mass is 16.5. The van der Waals surface area contributed by atoms with E-state index in [-0.39, 0.29) is 12.0 Å². The molecule has 4 nitrogen and oxygen atoms in total. The van der Waals surface area contributed by atoms with Gasteiger partial charge in [0.1, 0.15) is 11.3 Å². The van der Waals surface area contributed by atoms with Crippen molar-refractivity contribution >= 4 is 5.91 Å². The summed E-state index contributed by atoms with van der Waals surface area (Å²) in [6.45, 7) is 1.83. The number of amides is 1. The van der Waals surface area contributed by atoms with Crippen LogP contribution >= 0.6 is 0 Å². The summed E-state index contributed by atoms with van der Waals surface area (Å²) in [5.74, 6) is 0.606. The lowest BCUT2D eigenvalue weighted by Crippen LogP contribution is -2.24. The molecule has 1 aromatic heterocycles. The van der Waals surface area contributed by atoms with Gasteiger partial charge < -0.3 is 9.64 Å². The Kier molecular flexibility index (Phi) is 2.81. The second-order valence-corrected chi connectivity index (χ2v) is 4.29. The monoisotopic (exact) mass is 220 g/mol. The van der Waals surface area contributed by atoms with Gasteiger partial charge in [-0.05, 0) is 25.8 Å². The van der Waals surface area contributed by atoms with E-state index in [0.29, 0.717) is 11.3 Å². The van der Waals surface area contributed by atoms with Crippen molar-refractivity contribution in [2.75, 3.05) is 14.1 Å². The van der Waals surface area contributed by atoms with Gasteiger partial charge in [0.15, 0.2) is 0 Å². The molecule has 4 heteroatoms. The molecule has 0 unspecified atom stereocenters. The molecular formula is C12H16N2O2. The van der Waals surface area contributed by atoms with Gasteiger partial charge in [-0.2, -0.15) is 0 Å². The van der Waals surface area contributed by atoms with Crippen LogP contribution in [0.1, 0.15) is 28.9 Å². The van der Waals surface area contributed by atoms with Crippen molar-refractivity contribution in [3.8, 4) is 5.75 Å². The summed E-state index contributed by atoms with van der Waals surface area (Å²) in [6, 6.07) is 1.77. The zero-order chi connectivity index (χ0) is 11.7. The van der Waals surface area contributed by atoms with Crippen molar-refractivity contribution in [2.24, 2.45) is 0 Å². The van der Waals surface area contributed by atoms with E-state index in [2.05, 4.69) is 4.98 Å². The maximum atomic E-state index is 12.0. The molecule has 0 aliphatic heterocycles. The largest absolute Gasteiger partial charge is 0.489 e. The molecule has 16 heavy (non-hydrogen) atoms. The molecule has 1 aliphatic carbocycles. The van der Waals surface area contributed by atoms with Gasteiger partial charge in [0.05, 0.1) is 11.8 Å². The fourth-order valence-electron chi connectivity index (χ4n) is 1.49. The summed E-state index contributed by atoms with van der Waals surface area (Å²) in [4.78, 5) is 17.7. The number of aryl methyl sites for hydroxylation is 1. The number of rotatable bonds is 3. The number of hydrogen-bond acceptors (Lipinski definition) is 3. The van der Waals surface area contributed by atoms with E-state index in [0.717, 1.165) is 18.5 Å². The van der Waals surface area contributed by atoms with E-state index in [1.807, 2.05) is 6.92 Å². The molecule has 1 aromatic rings. The van der Waals surface area contributed by atoms with Gasteiger partial charge in [-0.1, -0.05) is 0 Å². The van der Waals surface area contributed by atoms with Crippen molar-refractivity contribution in [1.29, 1.82) is 0 Å². The number of nitrogens with zero attached hydrogens (tertiary/aromatic N) is 2. The Morgan fingerprint density at radius 3 is 2.75 bits per heavy atom. The first-order valence-corrected chi connectivity index (χ1v) is 5.43. The van der Waals surface area contributed by atoms with Gasteiger partial charge in [0.2, 0.25) is 0 Å². The quantitative estimate of drug-likeness (QED) is 0.777. The molecule has 2 rings (SSSR count). The molecule has 0 spiro atoms. The molecule has 1 saturated carbocycles. The van der Waals surface area contributed by atoms with E-state index in [9.17, 15) is 4.79 Å². The van der Waals surface area contributed by atoms with Gasteiger partial charge in [0.25, 0.3) is 5.91 Å². The third-order valence-electron chi connectivity index (χ3n) is 2.54. The molecule has 1 aliphatic rings. The lowest BCUT2D eigenvalue weighted by Gasteiger charge is -2.15. The number of hydrogen-bond donors (Lipinski definition) is 0. The maximum Gasteiger partial charge on any atom is 0.258 e. The summed E-state index contributed by atoms with van der Waals surface area (Å²) in [6.07, 6.45) is 4.13. The van der Waals surface area contributed by atoms with Crippen LogP contribution in [0.3, 0.4) is 0 Å². The molecule has 0 bridgehead atoms. The SMILES string of the molecule is Cc1nccc(OC2CC2)c1C(=O)N(C)C. The Morgan fingerprint density at radius 2 is 2.19 bits per heavy atom. The normalized spacial score (nSPS) is 14.7. The number of ether oxygens (including phenoxy) is 1. The van der Waals surface area contributed by atoms with E-state index >= 15 is 0 Å². The Hall–Kier alpha value is -1.58. The van der Waals surface area contributed by atoms with Gasteiger partial charge >= 0.3 is 0 Å². The van der Waals surface area contributed by atoms with Crippen molar-refractivity contribution in [3.05, 3.63) is 23.5 Å². The summed E-state index contributed by atoms with van der Waals surface area (Å²) in [5, 5.41) is 0. The van der Waals surface area contributed by atoms with Crippen LogP contribution in [-0.2, 0) is 0 Å². The second-order valence-electron chi connectivity index (χ2n) is 4.29. The number of aromatic nitrogens is 1. The predicted octanol–water partition coefficient (Wildman–Crippen LogP) is 1.63. The van der Waals surface area contributed by atoms with Crippen molar-refractivity contribution < 1.29 is 9.53 Å². The van der Waals surface area contributed by atoms with Crippen LogP contribution in [0.2, 0.25) is 0 Å². The fourth-order valence-corrected chi connectivity index (χ4v) is 1.49. The third kappa shape index (κ3) is 2.15. The van der Waals surface area contributed by atoms with Crippen LogP contribution in [0.15, 0.2) is 12.3 Å². The van der Waals surface area contributed by atoms with E-state index in [4.69, 9.17) is 4.74 Å². The van der Waals surface area contributed by atoms with Crippen LogP contribution < -0.4 is 4.74 Å². The first-order valence-electron chi connectivity index (χ1n) is 5.43. The lowest BCUT2D eigenvalue weighted by atomic mass is 10.1. The lowest BCUT2D eigenvalue weighted by molar-refractivity contribution is 0.0821. The third-order valence-corrected chi connectivity index (χ3v) is 2.54. The predicted molar refractivity (Wildman–Crippen MR) is 60.6 cm³/mol. The highest BCUT2D eigenvalue weighted by molar-refractivity contribution is 5.97. The molecule has 0 atom stereocenters. The Bertz CT molecular complexity index is 411. The average molecular weight is 220 g/mol. The average Bonchev–Trinajstić information content (AvgIpc) is 3.01. The number of carbonyl (C=O) groups excluding carboxylic acids is 1. The van der Waals surface area contributed by atoms with Crippen molar-refractivity contribution in [2.45, 2.75) is 25.9 Å². The molecule has 1 amide bonds. The zero-order valence-corrected chi connectivity index (χ0v) is 9.86. The smallest absolute Gasteiger partial charge is 0.258 e. The van der Waals surface area contributed by atoms with Crippen LogP contribution in [0.25, 0.3) is 0 Å². The first kappa shape index (κ1) is 10.9. The van der Waals surface area contributed by atoms with Crippen LogP contribution in [-0.4, -0.2) is 36.0 Å². The summed E-state index contributed by atoms with van der Waals surface area (Å²) < 4.78 is 5.72. The van der Waals surface area contributed by atoms with Gasteiger partial charge in [-0.25, -0.2) is 0 Å². The van der Waals surface area contributed by atoms with Crippen LogP contribution in [0.5, 0.6) is 5.75 Å². The highest BCUT2D eigenvalue weighted by Gasteiger charge is 2.27. The molecule has 0 radical (unpaired) electrons. The standard InChI is InChI=1S/C12H16N2O2/c1-8-11(12(15)14(2)3)10(6-7-13-8)16-9-4-5-9/h6-7,9H,4-5H2,1-3H3. The van der Waals surface area contributed by atoms with E-state index in [1.165, 1.54) is 0 Å². The first-order chi connectivity index (χ1) is 7.59. The Balaban J connectivity index is 2.35. The molecule has 1 heterocycles. The topological polar surface area (TPSA) is 42.4 Å². The molecule has 0 N–H and O–H groups in total. The molecule has 86 valence electrons. The minimum Gasteiger partial charge on any atom is -0.489 e. The molecule has 1 fully saturated rings. The highest BCUT2D eigenvalue weighted by Crippen LogP contribution is 2.30. The minimum absolute atomic E-state index is 0.0544. The molecule has 0 aromatic carbocycles. The fraction of sp³-hybridized carbons (Fsp3) is 0.500. The summed E-state index contributed by atoms with van der Waals surface area (Å²) in [5.41, 5.74) is 1.30. The van der Waals surface area contributed by atoms with Gasteiger partial charge in [0, 0.05) is 20.3 Å². The molecular weight excluding hydrogens is 204 g/mol. The Morgan fingerprint density at radius 1 is 1.50 bits per heavy atom.